The molecule has 1 aliphatic heterocycles. The van der Waals surface area contributed by atoms with Crippen LogP contribution in [0.5, 0.6) is 0 Å². The molecule has 5 nitrogen and oxygen atoms in total. The molecule has 0 fully saturated rings. The van der Waals surface area contributed by atoms with Crippen LogP contribution in [0.2, 0.25) is 0 Å². The van der Waals surface area contributed by atoms with Crippen LogP contribution in [-0.4, -0.2) is 24.8 Å². The highest BCUT2D eigenvalue weighted by Crippen LogP contribution is 2.40. The van der Waals surface area contributed by atoms with Crippen molar-refractivity contribution in [3.05, 3.63) is 113 Å². The van der Waals surface area contributed by atoms with Gasteiger partial charge in [-0.2, -0.15) is 0 Å². The van der Waals surface area contributed by atoms with E-state index in [0.717, 1.165) is 5.56 Å². The second-order valence-electron chi connectivity index (χ2n) is 7.15. The van der Waals surface area contributed by atoms with Crippen LogP contribution in [0.1, 0.15) is 44.2 Å². The van der Waals surface area contributed by atoms with Crippen molar-refractivity contribution in [2.75, 3.05) is 7.11 Å². The Balaban J connectivity index is 1.87. The molecule has 5 heteroatoms. The van der Waals surface area contributed by atoms with Crippen molar-refractivity contribution in [3.63, 3.8) is 0 Å². The van der Waals surface area contributed by atoms with Gasteiger partial charge in [0.15, 0.2) is 5.78 Å². The maximum atomic E-state index is 13.6. The smallest absolute Gasteiger partial charge is 0.337 e. The second kappa shape index (κ2) is 8.79. The number of esters is 2. The Morgan fingerprint density at radius 3 is 2.06 bits per heavy atom. The van der Waals surface area contributed by atoms with E-state index in [4.69, 9.17) is 9.47 Å². The van der Waals surface area contributed by atoms with E-state index in [0.29, 0.717) is 22.3 Å². The highest BCUT2D eigenvalue weighted by Gasteiger charge is 2.36. The number of allylic oxidation sites excluding steroid dienone is 1. The van der Waals surface area contributed by atoms with Crippen LogP contribution >= 0.6 is 0 Å². The standard InChI is InChI=1S/C26H20O5/c1-30-26(29)20-14-12-17(13-15-20)21-16-22(27)31-25(19-10-6-3-7-11-19)23(21)24(28)18-8-4-2-5-9-18/h2-15,21H,16H2,1H3/t21-/m1/s1. The lowest BCUT2D eigenvalue weighted by atomic mass is 9.81. The number of Topliss-reactive ketones (excluding diaryl/α,β-unsaturated/α-hetero) is 1. The van der Waals surface area contributed by atoms with Gasteiger partial charge in [-0.25, -0.2) is 4.79 Å². The maximum absolute atomic E-state index is 13.6. The molecule has 3 aromatic carbocycles. The number of ether oxygens (including phenoxy) is 2. The van der Waals surface area contributed by atoms with Crippen LogP contribution in [0, 0.1) is 0 Å². The van der Waals surface area contributed by atoms with E-state index in [1.807, 2.05) is 36.4 Å². The van der Waals surface area contributed by atoms with Gasteiger partial charge in [-0.05, 0) is 17.7 Å². The summed E-state index contributed by atoms with van der Waals surface area (Å²) in [6.45, 7) is 0. The van der Waals surface area contributed by atoms with Gasteiger partial charge in [-0.15, -0.1) is 0 Å². The van der Waals surface area contributed by atoms with Gasteiger partial charge in [0, 0.05) is 17.0 Å². The normalized spacial score (nSPS) is 15.9. The molecule has 0 saturated carbocycles. The van der Waals surface area contributed by atoms with Crippen molar-refractivity contribution < 1.29 is 23.9 Å². The van der Waals surface area contributed by atoms with Gasteiger partial charge < -0.3 is 9.47 Å². The molecule has 1 aliphatic rings. The first-order valence-electron chi connectivity index (χ1n) is 9.86. The fraction of sp³-hybridized carbons (Fsp3) is 0.115. The SMILES string of the molecule is COC(=O)c1ccc([C@H]2CC(=O)OC(c3ccccc3)=C2C(=O)c2ccccc2)cc1. The monoisotopic (exact) mass is 412 g/mol. The molecule has 0 radical (unpaired) electrons. The van der Waals surface area contributed by atoms with E-state index in [1.165, 1.54) is 7.11 Å². The summed E-state index contributed by atoms with van der Waals surface area (Å²) in [5.41, 5.74) is 2.73. The largest absolute Gasteiger partial charge is 0.465 e. The fourth-order valence-corrected chi connectivity index (χ4v) is 3.70. The van der Waals surface area contributed by atoms with E-state index in [1.54, 1.807) is 48.5 Å². The average Bonchev–Trinajstić information content (AvgIpc) is 2.83. The Morgan fingerprint density at radius 1 is 0.839 bits per heavy atom. The fourth-order valence-electron chi connectivity index (χ4n) is 3.70. The molecule has 0 bridgehead atoms. The molecule has 0 aromatic heterocycles. The van der Waals surface area contributed by atoms with Gasteiger partial charge in [0.2, 0.25) is 0 Å². The second-order valence-corrected chi connectivity index (χ2v) is 7.15. The van der Waals surface area contributed by atoms with Gasteiger partial charge >= 0.3 is 11.9 Å². The number of ketones is 1. The lowest BCUT2D eigenvalue weighted by Gasteiger charge is -2.27. The van der Waals surface area contributed by atoms with Gasteiger partial charge in [0.1, 0.15) is 5.76 Å². The molecular weight excluding hydrogens is 392 g/mol. The molecule has 0 amide bonds. The van der Waals surface area contributed by atoms with Crippen molar-refractivity contribution in [1.29, 1.82) is 0 Å². The molecule has 0 saturated heterocycles. The van der Waals surface area contributed by atoms with Crippen molar-refractivity contribution in [2.24, 2.45) is 0 Å². The molecule has 0 N–H and O–H groups in total. The van der Waals surface area contributed by atoms with Crippen LogP contribution in [0.3, 0.4) is 0 Å². The summed E-state index contributed by atoms with van der Waals surface area (Å²) in [4.78, 5) is 37.9. The molecule has 0 spiro atoms. The molecule has 4 rings (SSSR count). The first kappa shape index (κ1) is 20.3. The third kappa shape index (κ3) is 4.16. The molecule has 0 aliphatic carbocycles. The van der Waals surface area contributed by atoms with E-state index in [2.05, 4.69) is 0 Å². The summed E-state index contributed by atoms with van der Waals surface area (Å²) in [6.07, 6.45) is 0.0296. The van der Waals surface area contributed by atoms with Gasteiger partial charge in [-0.3, -0.25) is 9.59 Å². The number of rotatable bonds is 5. The predicted molar refractivity (Wildman–Crippen MR) is 115 cm³/mol. The Hall–Kier alpha value is -3.99. The summed E-state index contributed by atoms with van der Waals surface area (Å²) >= 11 is 0. The maximum Gasteiger partial charge on any atom is 0.337 e. The zero-order chi connectivity index (χ0) is 21.8. The minimum Gasteiger partial charge on any atom is -0.465 e. The number of cyclic esters (lactones) is 1. The van der Waals surface area contributed by atoms with Crippen molar-refractivity contribution in [3.8, 4) is 0 Å². The zero-order valence-electron chi connectivity index (χ0n) is 16.9. The highest BCUT2D eigenvalue weighted by molar-refractivity contribution is 6.15. The quantitative estimate of drug-likeness (QED) is 0.445. The number of benzene rings is 3. The average molecular weight is 412 g/mol. The van der Waals surface area contributed by atoms with Crippen LogP contribution < -0.4 is 0 Å². The van der Waals surface area contributed by atoms with E-state index >= 15 is 0 Å². The Kier molecular flexibility index (Phi) is 5.76. The van der Waals surface area contributed by atoms with E-state index in [-0.39, 0.29) is 18.0 Å². The number of hydrogen-bond donors (Lipinski definition) is 0. The van der Waals surface area contributed by atoms with Crippen molar-refractivity contribution in [1.82, 2.24) is 0 Å². The number of carbonyl (C=O) groups is 3. The van der Waals surface area contributed by atoms with Crippen LogP contribution in [0.4, 0.5) is 0 Å². The highest BCUT2D eigenvalue weighted by atomic mass is 16.5. The lowest BCUT2D eigenvalue weighted by Crippen LogP contribution is -2.25. The first-order chi connectivity index (χ1) is 15.1. The summed E-state index contributed by atoms with van der Waals surface area (Å²) < 4.78 is 10.4. The van der Waals surface area contributed by atoms with Gasteiger partial charge in [0.25, 0.3) is 0 Å². The van der Waals surface area contributed by atoms with Crippen LogP contribution in [0.25, 0.3) is 5.76 Å². The lowest BCUT2D eigenvalue weighted by molar-refractivity contribution is -0.137. The minimum atomic E-state index is -0.504. The summed E-state index contributed by atoms with van der Waals surface area (Å²) in [6, 6.07) is 24.8. The number of hydrogen-bond acceptors (Lipinski definition) is 5. The minimum absolute atomic E-state index is 0.0296. The van der Waals surface area contributed by atoms with E-state index < -0.39 is 17.9 Å². The predicted octanol–water partition coefficient (Wildman–Crippen LogP) is 4.80. The van der Waals surface area contributed by atoms with Gasteiger partial charge in [0.05, 0.1) is 24.7 Å². The summed E-state index contributed by atoms with van der Waals surface area (Å²) in [5, 5.41) is 0. The molecule has 1 heterocycles. The first-order valence-corrected chi connectivity index (χ1v) is 9.86. The van der Waals surface area contributed by atoms with Crippen molar-refractivity contribution in [2.45, 2.75) is 12.3 Å². The Labute approximate surface area is 179 Å². The Morgan fingerprint density at radius 2 is 1.45 bits per heavy atom. The van der Waals surface area contributed by atoms with Crippen molar-refractivity contribution >= 4 is 23.5 Å². The molecule has 1 atom stereocenters. The van der Waals surface area contributed by atoms with E-state index in [9.17, 15) is 14.4 Å². The molecule has 31 heavy (non-hydrogen) atoms. The summed E-state index contributed by atoms with van der Waals surface area (Å²) in [7, 11) is 1.32. The molecular formula is C26H20O5. The molecule has 0 unspecified atom stereocenters. The van der Waals surface area contributed by atoms with Gasteiger partial charge in [-0.1, -0.05) is 72.8 Å². The number of carbonyl (C=O) groups excluding carboxylic acids is 3. The molecule has 3 aromatic rings. The van der Waals surface area contributed by atoms with Crippen LogP contribution in [0.15, 0.2) is 90.5 Å². The third-order valence-electron chi connectivity index (χ3n) is 5.23. The van der Waals surface area contributed by atoms with Crippen LogP contribution in [-0.2, 0) is 14.3 Å². The third-order valence-corrected chi connectivity index (χ3v) is 5.23. The zero-order valence-corrected chi connectivity index (χ0v) is 16.9. The Bertz CT molecular complexity index is 1150. The summed E-state index contributed by atoms with van der Waals surface area (Å²) in [5.74, 6) is -1.29. The topological polar surface area (TPSA) is 69.7 Å². The molecule has 154 valence electrons. The number of methoxy groups -OCH3 is 1.